The van der Waals surface area contributed by atoms with Crippen molar-refractivity contribution in [2.45, 2.75) is 26.0 Å². The molecule has 1 aliphatic heterocycles. The number of nitrogens with one attached hydrogen (secondary N) is 1. The number of carbonyl (C=O) groups excluding carboxylic acids is 1. The molecule has 1 heterocycles. The average Bonchev–Trinajstić information content (AvgIpc) is 2.44. The van der Waals surface area contributed by atoms with Crippen LogP contribution in [0, 0.1) is 6.92 Å². The Morgan fingerprint density at radius 2 is 2.33 bits per heavy atom. The lowest BCUT2D eigenvalue weighted by Crippen LogP contribution is -2.51. The highest BCUT2D eigenvalue weighted by Crippen LogP contribution is 2.20. The Morgan fingerprint density at radius 3 is 3.00 bits per heavy atom. The van der Waals surface area contributed by atoms with E-state index in [1.807, 2.05) is 36.9 Å². The number of ether oxygens (including phenoxy) is 1. The zero-order valence-electron chi connectivity index (χ0n) is 12.3. The zero-order chi connectivity index (χ0) is 15.4. The molecule has 116 valence electrons. The van der Waals surface area contributed by atoms with Crippen LogP contribution >= 0.6 is 15.9 Å². The van der Waals surface area contributed by atoms with Gasteiger partial charge in [-0.2, -0.15) is 0 Å². The van der Waals surface area contributed by atoms with E-state index in [0.717, 1.165) is 15.7 Å². The molecule has 5 nitrogen and oxygen atoms in total. The summed E-state index contributed by atoms with van der Waals surface area (Å²) in [5, 5.41) is 12.1. The lowest BCUT2D eigenvalue weighted by molar-refractivity contribution is -0.122. The molecular weight excluding hydrogens is 336 g/mol. The summed E-state index contributed by atoms with van der Waals surface area (Å²) in [6.07, 6.45) is -0.205. The van der Waals surface area contributed by atoms with Crippen molar-refractivity contribution < 1.29 is 14.6 Å². The predicted molar refractivity (Wildman–Crippen MR) is 85.4 cm³/mol. The quantitative estimate of drug-likeness (QED) is 0.863. The molecule has 0 aliphatic carbocycles. The first-order chi connectivity index (χ1) is 9.99. The van der Waals surface area contributed by atoms with Crippen molar-refractivity contribution in [2.24, 2.45) is 0 Å². The number of halogens is 1. The molecule has 2 unspecified atom stereocenters. The Hall–Kier alpha value is -0.950. The van der Waals surface area contributed by atoms with Crippen LogP contribution in [0.25, 0.3) is 0 Å². The van der Waals surface area contributed by atoms with Crippen molar-refractivity contribution in [3.8, 4) is 0 Å². The standard InChI is InChI=1S/C15H21BrN2O3/c1-10-5-12(16)3-4-14(10)17-15(20)7-18-6-13(8-19)21-9-11(18)2/h3-5,11,13,19H,6-9H2,1-2H3,(H,17,20). The number of benzene rings is 1. The molecular formula is C15H21BrN2O3. The molecule has 0 bridgehead atoms. The second-order valence-corrected chi connectivity index (χ2v) is 6.34. The third-order valence-electron chi connectivity index (χ3n) is 3.65. The molecule has 1 aromatic rings. The number of hydrogen-bond donors (Lipinski definition) is 2. The molecule has 0 aromatic heterocycles. The van der Waals surface area contributed by atoms with E-state index < -0.39 is 0 Å². The topological polar surface area (TPSA) is 61.8 Å². The van der Waals surface area contributed by atoms with Gasteiger partial charge in [0.2, 0.25) is 5.91 Å². The number of rotatable bonds is 4. The summed E-state index contributed by atoms with van der Waals surface area (Å²) in [5.74, 6) is -0.0501. The van der Waals surface area contributed by atoms with Gasteiger partial charge in [-0.25, -0.2) is 0 Å². The first-order valence-electron chi connectivity index (χ1n) is 7.02. The number of aliphatic hydroxyl groups is 1. The highest BCUT2D eigenvalue weighted by atomic mass is 79.9. The van der Waals surface area contributed by atoms with Crippen molar-refractivity contribution >= 4 is 27.5 Å². The van der Waals surface area contributed by atoms with Gasteiger partial charge in [-0.1, -0.05) is 15.9 Å². The van der Waals surface area contributed by atoms with E-state index in [2.05, 4.69) is 21.2 Å². The Labute approximate surface area is 133 Å². The van der Waals surface area contributed by atoms with E-state index >= 15 is 0 Å². The van der Waals surface area contributed by atoms with Crippen molar-refractivity contribution in [1.82, 2.24) is 4.90 Å². The van der Waals surface area contributed by atoms with Crippen LogP contribution in [-0.2, 0) is 9.53 Å². The van der Waals surface area contributed by atoms with Gasteiger partial charge in [0, 0.05) is 22.7 Å². The molecule has 1 aromatic carbocycles. The molecule has 1 saturated heterocycles. The minimum atomic E-state index is -0.205. The molecule has 2 rings (SSSR count). The zero-order valence-corrected chi connectivity index (χ0v) is 13.9. The largest absolute Gasteiger partial charge is 0.394 e. The highest BCUT2D eigenvalue weighted by molar-refractivity contribution is 9.10. The maximum absolute atomic E-state index is 12.2. The number of aryl methyl sites for hydroxylation is 1. The van der Waals surface area contributed by atoms with Gasteiger partial charge in [-0.3, -0.25) is 9.69 Å². The lowest BCUT2D eigenvalue weighted by atomic mass is 10.2. The van der Waals surface area contributed by atoms with Crippen LogP contribution in [0.15, 0.2) is 22.7 Å². The summed E-state index contributed by atoms with van der Waals surface area (Å²) in [6, 6.07) is 5.93. The predicted octanol–water partition coefficient (Wildman–Crippen LogP) is 1.78. The number of carbonyl (C=O) groups is 1. The molecule has 21 heavy (non-hydrogen) atoms. The monoisotopic (exact) mass is 356 g/mol. The van der Waals surface area contributed by atoms with Gasteiger partial charge in [0.25, 0.3) is 0 Å². The Kier molecular flexibility index (Phi) is 5.75. The fourth-order valence-electron chi connectivity index (χ4n) is 2.35. The summed E-state index contributed by atoms with van der Waals surface area (Å²) in [7, 11) is 0. The molecule has 1 aliphatic rings. The summed E-state index contributed by atoms with van der Waals surface area (Å²) < 4.78 is 6.46. The second kappa shape index (κ2) is 7.35. The van der Waals surface area contributed by atoms with Crippen LogP contribution in [0.5, 0.6) is 0 Å². The van der Waals surface area contributed by atoms with E-state index in [1.54, 1.807) is 0 Å². The van der Waals surface area contributed by atoms with E-state index in [-0.39, 0.29) is 24.7 Å². The van der Waals surface area contributed by atoms with Gasteiger partial charge >= 0.3 is 0 Å². The van der Waals surface area contributed by atoms with Crippen molar-refractivity contribution in [3.63, 3.8) is 0 Å². The average molecular weight is 357 g/mol. The van der Waals surface area contributed by atoms with Crippen LogP contribution < -0.4 is 5.32 Å². The fraction of sp³-hybridized carbons (Fsp3) is 0.533. The third-order valence-corrected chi connectivity index (χ3v) is 4.14. The van der Waals surface area contributed by atoms with Crippen LogP contribution in [-0.4, -0.2) is 54.4 Å². The van der Waals surface area contributed by atoms with Crippen molar-refractivity contribution in [1.29, 1.82) is 0 Å². The number of aliphatic hydroxyl groups excluding tert-OH is 1. The molecule has 2 N–H and O–H groups in total. The molecule has 2 atom stereocenters. The van der Waals surface area contributed by atoms with Gasteiger partial charge in [-0.15, -0.1) is 0 Å². The molecule has 6 heteroatoms. The number of morpholine rings is 1. The van der Waals surface area contributed by atoms with Crippen LogP contribution in [0.3, 0.4) is 0 Å². The van der Waals surface area contributed by atoms with E-state index in [0.29, 0.717) is 19.7 Å². The number of hydrogen-bond acceptors (Lipinski definition) is 4. The number of nitrogens with zero attached hydrogens (tertiary/aromatic N) is 1. The third kappa shape index (κ3) is 4.51. The van der Waals surface area contributed by atoms with Gasteiger partial charge in [0.15, 0.2) is 0 Å². The molecule has 1 amide bonds. The van der Waals surface area contributed by atoms with Gasteiger partial charge in [0.05, 0.1) is 25.9 Å². The van der Waals surface area contributed by atoms with Gasteiger partial charge in [-0.05, 0) is 37.6 Å². The maximum atomic E-state index is 12.2. The minimum Gasteiger partial charge on any atom is -0.394 e. The normalized spacial score (nSPS) is 23.0. The highest BCUT2D eigenvalue weighted by Gasteiger charge is 2.27. The van der Waals surface area contributed by atoms with Gasteiger partial charge < -0.3 is 15.2 Å². The molecule has 0 spiro atoms. The Bertz CT molecular complexity index is 510. The summed E-state index contributed by atoms with van der Waals surface area (Å²) in [6.45, 7) is 5.37. The SMILES string of the molecule is Cc1cc(Br)ccc1NC(=O)CN1CC(CO)OCC1C. The van der Waals surface area contributed by atoms with E-state index in [4.69, 9.17) is 4.74 Å². The molecule has 1 fully saturated rings. The maximum Gasteiger partial charge on any atom is 0.238 e. The Balaban J connectivity index is 1.94. The number of anilines is 1. The van der Waals surface area contributed by atoms with Crippen molar-refractivity contribution in [3.05, 3.63) is 28.2 Å². The molecule has 0 saturated carbocycles. The molecule has 0 radical (unpaired) electrons. The second-order valence-electron chi connectivity index (χ2n) is 5.42. The summed E-state index contributed by atoms with van der Waals surface area (Å²) in [5.41, 5.74) is 1.84. The minimum absolute atomic E-state index is 0.0172. The first kappa shape index (κ1) is 16.4. The first-order valence-corrected chi connectivity index (χ1v) is 7.81. The van der Waals surface area contributed by atoms with Crippen LogP contribution in [0.1, 0.15) is 12.5 Å². The van der Waals surface area contributed by atoms with Gasteiger partial charge in [0.1, 0.15) is 0 Å². The fourth-order valence-corrected chi connectivity index (χ4v) is 2.82. The van der Waals surface area contributed by atoms with E-state index in [9.17, 15) is 9.90 Å². The van der Waals surface area contributed by atoms with Crippen molar-refractivity contribution in [2.75, 3.05) is 31.6 Å². The van der Waals surface area contributed by atoms with E-state index in [1.165, 1.54) is 0 Å². The Morgan fingerprint density at radius 1 is 1.57 bits per heavy atom. The van der Waals surface area contributed by atoms with Crippen LogP contribution in [0.4, 0.5) is 5.69 Å². The number of amides is 1. The van der Waals surface area contributed by atoms with Crippen LogP contribution in [0.2, 0.25) is 0 Å². The lowest BCUT2D eigenvalue weighted by Gasteiger charge is -2.36. The summed E-state index contributed by atoms with van der Waals surface area (Å²) in [4.78, 5) is 14.2. The summed E-state index contributed by atoms with van der Waals surface area (Å²) >= 11 is 3.41. The smallest absolute Gasteiger partial charge is 0.238 e.